The molecule has 0 saturated carbocycles. The zero-order chi connectivity index (χ0) is 23.1. The van der Waals surface area contributed by atoms with Crippen molar-refractivity contribution in [2.24, 2.45) is 5.92 Å². The topological polar surface area (TPSA) is 118 Å². The number of thioether (sulfide) groups is 1. The number of carbonyl (C=O) groups is 3. The maximum absolute atomic E-state index is 12.8. The molecule has 2 N–H and O–H groups in total. The molecule has 0 aromatic heterocycles. The van der Waals surface area contributed by atoms with Gasteiger partial charge in [-0.2, -0.15) is 5.26 Å². The van der Waals surface area contributed by atoms with Crippen molar-refractivity contribution in [2.75, 3.05) is 25.3 Å². The number of anilines is 1. The largest absolute Gasteiger partial charge is 0.497 e. The van der Waals surface area contributed by atoms with Crippen LogP contribution in [0, 0.1) is 17.2 Å². The number of amides is 2. The summed E-state index contributed by atoms with van der Waals surface area (Å²) in [5.74, 6) is -3.11. The lowest BCUT2D eigenvalue weighted by molar-refractivity contribution is -0.150. The van der Waals surface area contributed by atoms with Gasteiger partial charge in [-0.3, -0.25) is 14.4 Å². The Bertz CT molecular complexity index is 1090. The van der Waals surface area contributed by atoms with Crippen molar-refractivity contribution in [3.63, 3.8) is 0 Å². The molecule has 3 rings (SSSR count). The van der Waals surface area contributed by atoms with Crippen LogP contribution in [0.15, 0.2) is 65.2 Å². The summed E-state index contributed by atoms with van der Waals surface area (Å²) in [7, 11) is 2.73. The van der Waals surface area contributed by atoms with Crippen LogP contribution in [0.2, 0.25) is 0 Å². The minimum absolute atomic E-state index is 0.0532. The fourth-order valence-electron chi connectivity index (χ4n) is 3.38. The average Bonchev–Trinajstić information content (AvgIpc) is 2.82. The molecule has 2 atom stereocenters. The summed E-state index contributed by atoms with van der Waals surface area (Å²) in [5, 5.41) is 15.5. The first-order valence-electron chi connectivity index (χ1n) is 9.63. The van der Waals surface area contributed by atoms with E-state index in [0.717, 1.165) is 11.8 Å². The Balaban J connectivity index is 1.84. The van der Waals surface area contributed by atoms with E-state index in [-0.39, 0.29) is 22.3 Å². The van der Waals surface area contributed by atoms with Gasteiger partial charge in [0.05, 0.1) is 36.6 Å². The van der Waals surface area contributed by atoms with E-state index in [1.807, 2.05) is 0 Å². The monoisotopic (exact) mass is 451 g/mol. The molecular formula is C23H21N3O5S. The van der Waals surface area contributed by atoms with Crippen molar-refractivity contribution in [1.29, 1.82) is 5.26 Å². The van der Waals surface area contributed by atoms with Gasteiger partial charge in [-0.25, -0.2) is 0 Å². The van der Waals surface area contributed by atoms with Crippen molar-refractivity contribution >= 4 is 35.2 Å². The van der Waals surface area contributed by atoms with Crippen LogP contribution in [-0.4, -0.2) is 37.8 Å². The lowest BCUT2D eigenvalue weighted by Gasteiger charge is -2.30. The van der Waals surface area contributed by atoms with Crippen LogP contribution in [-0.2, 0) is 19.1 Å². The Hall–Kier alpha value is -3.77. The van der Waals surface area contributed by atoms with E-state index < -0.39 is 23.7 Å². The number of methoxy groups -OCH3 is 2. The first kappa shape index (κ1) is 22.9. The zero-order valence-corrected chi connectivity index (χ0v) is 18.3. The predicted octanol–water partition coefficient (Wildman–Crippen LogP) is 2.80. The van der Waals surface area contributed by atoms with Crippen LogP contribution in [0.25, 0.3) is 0 Å². The number of nitrogens with zero attached hydrogens (tertiary/aromatic N) is 1. The number of hydrogen-bond donors (Lipinski definition) is 2. The number of esters is 1. The van der Waals surface area contributed by atoms with E-state index in [1.165, 1.54) is 14.2 Å². The van der Waals surface area contributed by atoms with E-state index in [0.29, 0.717) is 17.0 Å². The summed E-state index contributed by atoms with van der Waals surface area (Å²) in [6, 6.07) is 17.8. The smallest absolute Gasteiger partial charge is 0.319 e. The maximum atomic E-state index is 12.8. The summed E-state index contributed by atoms with van der Waals surface area (Å²) in [6.45, 7) is 0. The van der Waals surface area contributed by atoms with Gasteiger partial charge in [0, 0.05) is 17.7 Å². The highest BCUT2D eigenvalue weighted by Gasteiger charge is 2.44. The third-order valence-corrected chi connectivity index (χ3v) is 5.86. The molecule has 9 heteroatoms. The standard InChI is InChI=1S/C23H21N3O5S/c1-30-16-10-6-9-15(11-16)25-18(27)13-32-22-17(12-24)19(14-7-4-3-5-8-14)20(21(28)26-22)23(29)31-2/h3-11,19-20H,13H2,1-2H3,(H,25,27)(H,26,28)/t19-,20-/m0/s1. The fourth-order valence-corrected chi connectivity index (χ4v) is 4.22. The first-order chi connectivity index (χ1) is 15.5. The molecule has 0 radical (unpaired) electrons. The number of carbonyl (C=O) groups excluding carboxylic acids is 3. The first-order valence-corrected chi connectivity index (χ1v) is 10.6. The molecule has 0 fully saturated rings. The molecule has 0 bridgehead atoms. The minimum Gasteiger partial charge on any atom is -0.497 e. The maximum Gasteiger partial charge on any atom is 0.319 e. The molecule has 2 aromatic carbocycles. The average molecular weight is 452 g/mol. The molecular weight excluding hydrogens is 430 g/mol. The lowest BCUT2D eigenvalue weighted by Crippen LogP contribution is -2.44. The second kappa shape index (κ2) is 10.5. The summed E-state index contributed by atoms with van der Waals surface area (Å²) >= 11 is 1.02. The van der Waals surface area contributed by atoms with Gasteiger partial charge in [-0.15, -0.1) is 0 Å². The number of benzene rings is 2. The van der Waals surface area contributed by atoms with E-state index in [9.17, 15) is 19.6 Å². The van der Waals surface area contributed by atoms with Crippen LogP contribution >= 0.6 is 11.8 Å². The highest BCUT2D eigenvalue weighted by molar-refractivity contribution is 8.03. The van der Waals surface area contributed by atoms with Crippen molar-refractivity contribution in [2.45, 2.75) is 5.92 Å². The van der Waals surface area contributed by atoms with E-state index in [4.69, 9.17) is 9.47 Å². The molecule has 1 heterocycles. The number of ether oxygens (including phenoxy) is 2. The summed E-state index contributed by atoms with van der Waals surface area (Å²) in [6.07, 6.45) is 0. The molecule has 32 heavy (non-hydrogen) atoms. The molecule has 0 saturated heterocycles. The molecule has 0 unspecified atom stereocenters. The molecule has 1 aliphatic rings. The highest BCUT2D eigenvalue weighted by Crippen LogP contribution is 2.40. The number of hydrogen-bond acceptors (Lipinski definition) is 7. The van der Waals surface area contributed by atoms with Crippen molar-refractivity contribution < 1.29 is 23.9 Å². The summed E-state index contributed by atoms with van der Waals surface area (Å²) < 4.78 is 9.95. The van der Waals surface area contributed by atoms with Gasteiger partial charge in [0.1, 0.15) is 11.7 Å². The highest BCUT2D eigenvalue weighted by atomic mass is 32.2. The van der Waals surface area contributed by atoms with Crippen molar-refractivity contribution in [1.82, 2.24) is 5.32 Å². The number of nitriles is 1. The van der Waals surface area contributed by atoms with Gasteiger partial charge >= 0.3 is 5.97 Å². The van der Waals surface area contributed by atoms with Crippen LogP contribution in [0.4, 0.5) is 5.69 Å². The molecule has 8 nitrogen and oxygen atoms in total. The fraction of sp³-hybridized carbons (Fsp3) is 0.217. The Morgan fingerprint density at radius 3 is 2.56 bits per heavy atom. The minimum atomic E-state index is -1.20. The molecule has 1 aliphatic heterocycles. The van der Waals surface area contributed by atoms with Crippen LogP contribution in [0.3, 0.4) is 0 Å². The van der Waals surface area contributed by atoms with Crippen molar-refractivity contribution in [3.05, 3.63) is 70.8 Å². The van der Waals surface area contributed by atoms with Crippen LogP contribution < -0.4 is 15.4 Å². The number of nitrogens with one attached hydrogen (secondary N) is 2. The number of allylic oxidation sites excluding steroid dienone is 1. The zero-order valence-electron chi connectivity index (χ0n) is 17.5. The second-order valence-electron chi connectivity index (χ2n) is 6.80. The van der Waals surface area contributed by atoms with E-state index in [1.54, 1.807) is 54.6 Å². The Morgan fingerprint density at radius 2 is 1.91 bits per heavy atom. The Morgan fingerprint density at radius 1 is 1.16 bits per heavy atom. The van der Waals surface area contributed by atoms with Crippen LogP contribution in [0.5, 0.6) is 5.75 Å². The molecule has 2 aromatic rings. The number of rotatable bonds is 7. The lowest BCUT2D eigenvalue weighted by atomic mass is 9.78. The van der Waals surface area contributed by atoms with E-state index >= 15 is 0 Å². The third-order valence-electron chi connectivity index (χ3n) is 4.84. The Labute approximate surface area is 189 Å². The third kappa shape index (κ3) is 5.10. The van der Waals surface area contributed by atoms with Crippen molar-refractivity contribution in [3.8, 4) is 11.8 Å². The molecule has 0 aliphatic carbocycles. The van der Waals surface area contributed by atoms with Gasteiger partial charge < -0.3 is 20.1 Å². The molecule has 164 valence electrons. The van der Waals surface area contributed by atoms with Gasteiger partial charge in [-0.05, 0) is 17.7 Å². The quantitative estimate of drug-likeness (QED) is 0.491. The normalized spacial score (nSPS) is 17.7. The van der Waals surface area contributed by atoms with Gasteiger partial charge in [-0.1, -0.05) is 48.2 Å². The van der Waals surface area contributed by atoms with Gasteiger partial charge in [0.2, 0.25) is 11.8 Å². The van der Waals surface area contributed by atoms with Crippen LogP contribution in [0.1, 0.15) is 11.5 Å². The molecule has 0 spiro atoms. The second-order valence-corrected chi connectivity index (χ2v) is 7.79. The van der Waals surface area contributed by atoms with Gasteiger partial charge in [0.25, 0.3) is 0 Å². The summed E-state index contributed by atoms with van der Waals surface area (Å²) in [4.78, 5) is 37.6. The van der Waals surface area contributed by atoms with Gasteiger partial charge in [0.15, 0.2) is 0 Å². The molecule has 2 amide bonds. The SMILES string of the molecule is COC(=O)[C@@H]1C(=O)NC(SCC(=O)Nc2cccc(OC)c2)=C(C#N)[C@@H]1c1ccccc1. The Kier molecular flexibility index (Phi) is 7.52. The predicted molar refractivity (Wildman–Crippen MR) is 120 cm³/mol. The van der Waals surface area contributed by atoms with E-state index in [2.05, 4.69) is 16.7 Å². The summed E-state index contributed by atoms with van der Waals surface area (Å²) in [5.41, 5.74) is 1.39.